The first-order valence-corrected chi connectivity index (χ1v) is 8.99. The van der Waals surface area contributed by atoms with Crippen LogP contribution in [-0.4, -0.2) is 26.0 Å². The van der Waals surface area contributed by atoms with Gasteiger partial charge in [0.1, 0.15) is 12.4 Å². The summed E-state index contributed by atoms with van der Waals surface area (Å²) < 4.78 is 7.65. The molecule has 0 saturated heterocycles. The number of carbonyl (C=O) groups excluding carboxylic acids is 1. The second-order valence-electron chi connectivity index (χ2n) is 5.75. The van der Waals surface area contributed by atoms with E-state index in [1.807, 2.05) is 61.5 Å². The maximum absolute atomic E-state index is 11.1. The van der Waals surface area contributed by atoms with Crippen LogP contribution in [0.25, 0.3) is 5.69 Å². The quantitative estimate of drug-likeness (QED) is 0.596. The predicted octanol–water partition coefficient (Wildman–Crippen LogP) is 2.39. The number of aromatic nitrogens is 3. The topological polar surface area (TPSA) is 80.1 Å². The van der Waals surface area contributed by atoms with Crippen molar-refractivity contribution in [1.82, 2.24) is 14.8 Å². The van der Waals surface area contributed by atoms with Crippen molar-refractivity contribution in [3.63, 3.8) is 0 Å². The van der Waals surface area contributed by atoms with E-state index in [2.05, 4.69) is 10.2 Å². The summed E-state index contributed by atoms with van der Waals surface area (Å²) in [5.74, 6) is 0.186. The van der Waals surface area contributed by atoms with E-state index in [1.165, 1.54) is 0 Å². The molecule has 3 aromatic rings. The zero-order valence-corrected chi connectivity index (χ0v) is 15.3. The van der Waals surface area contributed by atoms with Crippen LogP contribution in [-0.2, 0) is 11.4 Å². The van der Waals surface area contributed by atoms with Crippen LogP contribution in [0.4, 0.5) is 0 Å². The van der Waals surface area contributed by atoms with E-state index < -0.39 is 11.2 Å². The van der Waals surface area contributed by atoms with Gasteiger partial charge < -0.3 is 14.6 Å². The summed E-state index contributed by atoms with van der Waals surface area (Å²) >= 11 is 1.09. The van der Waals surface area contributed by atoms with Gasteiger partial charge in [0, 0.05) is 10.9 Å². The molecule has 0 unspecified atom stereocenters. The molecule has 0 amide bonds. The largest absolute Gasteiger partial charge is 0.549 e. The Balaban J connectivity index is 1.89. The highest BCUT2D eigenvalue weighted by molar-refractivity contribution is 8.00. The fourth-order valence-electron chi connectivity index (χ4n) is 2.37. The molecule has 0 saturated carbocycles. The first-order chi connectivity index (χ1) is 12.5. The van der Waals surface area contributed by atoms with Crippen molar-refractivity contribution in [1.29, 1.82) is 0 Å². The summed E-state index contributed by atoms with van der Waals surface area (Å²) in [6.45, 7) is 3.77. The molecule has 3 rings (SSSR count). The molecule has 1 heterocycles. The monoisotopic (exact) mass is 368 g/mol. The maximum Gasteiger partial charge on any atom is 0.196 e. The van der Waals surface area contributed by atoms with Gasteiger partial charge in [-0.25, -0.2) is 0 Å². The highest BCUT2D eigenvalue weighted by Gasteiger charge is 2.18. The lowest BCUT2D eigenvalue weighted by atomic mass is 10.2. The Morgan fingerprint density at radius 2 is 1.96 bits per heavy atom. The number of thioether (sulfide) groups is 1. The number of hydrogen-bond donors (Lipinski definition) is 0. The average Bonchev–Trinajstić information content (AvgIpc) is 3.03. The lowest BCUT2D eigenvalue weighted by Gasteiger charge is -2.14. The van der Waals surface area contributed by atoms with E-state index in [0.29, 0.717) is 11.0 Å². The standard InChI is InChI=1S/C19H19N3O3S/c1-13-7-6-10-16(11-13)25-12-17-20-21-19(26-14(2)18(23)24)22(17)15-8-4-3-5-9-15/h3-11,14H,12H2,1-2H3,(H,23,24)/p-1/t14-/m1/s1. The van der Waals surface area contributed by atoms with Gasteiger partial charge in [0.2, 0.25) is 0 Å². The predicted molar refractivity (Wildman–Crippen MR) is 97.2 cm³/mol. The fourth-order valence-corrected chi connectivity index (χ4v) is 3.18. The minimum Gasteiger partial charge on any atom is -0.549 e. The molecule has 6 nitrogen and oxygen atoms in total. The van der Waals surface area contributed by atoms with E-state index in [4.69, 9.17) is 4.74 Å². The Labute approximate surface area is 155 Å². The third-order valence-corrected chi connectivity index (χ3v) is 4.71. The van der Waals surface area contributed by atoms with E-state index in [-0.39, 0.29) is 6.61 Å². The van der Waals surface area contributed by atoms with Crippen LogP contribution in [0, 0.1) is 6.92 Å². The van der Waals surface area contributed by atoms with Crippen LogP contribution in [0.1, 0.15) is 18.3 Å². The van der Waals surface area contributed by atoms with Crippen molar-refractivity contribution < 1.29 is 14.6 Å². The molecule has 0 aliphatic carbocycles. The highest BCUT2D eigenvalue weighted by atomic mass is 32.2. The number of ether oxygens (including phenoxy) is 1. The fraction of sp³-hybridized carbons (Fsp3) is 0.211. The van der Waals surface area contributed by atoms with E-state index in [9.17, 15) is 9.90 Å². The summed E-state index contributed by atoms with van der Waals surface area (Å²) in [4.78, 5) is 11.1. The molecule has 0 fully saturated rings. The van der Waals surface area contributed by atoms with Crippen LogP contribution in [0.3, 0.4) is 0 Å². The molecule has 0 aliphatic rings. The number of carboxylic acid groups (broad SMARTS) is 1. The number of benzene rings is 2. The minimum atomic E-state index is -1.14. The average molecular weight is 368 g/mol. The molecule has 1 aromatic heterocycles. The van der Waals surface area contributed by atoms with Gasteiger partial charge in [-0.3, -0.25) is 4.57 Å². The van der Waals surface area contributed by atoms with Crippen molar-refractivity contribution in [3.05, 3.63) is 66.0 Å². The molecule has 26 heavy (non-hydrogen) atoms. The molecule has 0 radical (unpaired) electrons. The Morgan fingerprint density at radius 1 is 1.19 bits per heavy atom. The zero-order chi connectivity index (χ0) is 18.5. The molecule has 0 spiro atoms. The van der Waals surface area contributed by atoms with Crippen LogP contribution < -0.4 is 9.84 Å². The maximum atomic E-state index is 11.1. The Morgan fingerprint density at radius 3 is 2.65 bits per heavy atom. The first-order valence-electron chi connectivity index (χ1n) is 8.11. The summed E-state index contributed by atoms with van der Waals surface area (Å²) in [7, 11) is 0. The van der Waals surface area contributed by atoms with Gasteiger partial charge in [0.25, 0.3) is 0 Å². The van der Waals surface area contributed by atoms with Gasteiger partial charge in [0.15, 0.2) is 11.0 Å². The van der Waals surface area contributed by atoms with Gasteiger partial charge in [-0.2, -0.15) is 0 Å². The third-order valence-electron chi connectivity index (χ3n) is 3.69. The molecule has 7 heteroatoms. The van der Waals surface area contributed by atoms with Gasteiger partial charge in [-0.05, 0) is 43.7 Å². The number of rotatable bonds is 7. The first kappa shape index (κ1) is 18.0. The molecule has 2 aromatic carbocycles. The third kappa shape index (κ3) is 4.23. The Bertz CT molecular complexity index is 896. The van der Waals surface area contributed by atoms with Crippen molar-refractivity contribution >= 4 is 17.7 Å². The van der Waals surface area contributed by atoms with E-state index in [1.54, 1.807) is 11.5 Å². The number of carboxylic acids is 1. The minimum absolute atomic E-state index is 0.214. The number of hydrogen-bond acceptors (Lipinski definition) is 6. The number of aliphatic carboxylic acids is 1. The van der Waals surface area contributed by atoms with Gasteiger partial charge in [-0.15, -0.1) is 10.2 Å². The van der Waals surface area contributed by atoms with Crippen LogP contribution >= 0.6 is 11.8 Å². The molecule has 0 bridgehead atoms. The number of aryl methyl sites for hydroxylation is 1. The summed E-state index contributed by atoms with van der Waals surface area (Å²) in [5, 5.41) is 19.2. The zero-order valence-electron chi connectivity index (χ0n) is 14.5. The van der Waals surface area contributed by atoms with Gasteiger partial charge in [0.05, 0.1) is 5.97 Å². The normalized spacial score (nSPS) is 11.9. The lowest BCUT2D eigenvalue weighted by Crippen LogP contribution is -2.31. The van der Waals surface area contributed by atoms with Crippen molar-refractivity contribution in [2.75, 3.05) is 0 Å². The Kier molecular flexibility index (Phi) is 5.58. The molecule has 0 N–H and O–H groups in total. The number of para-hydroxylation sites is 1. The van der Waals surface area contributed by atoms with Gasteiger partial charge >= 0.3 is 0 Å². The highest BCUT2D eigenvalue weighted by Crippen LogP contribution is 2.26. The SMILES string of the molecule is Cc1cccc(OCc2nnc(S[C@H](C)C(=O)[O-])n2-c2ccccc2)c1. The van der Waals surface area contributed by atoms with Crippen LogP contribution in [0.2, 0.25) is 0 Å². The molecule has 0 aliphatic heterocycles. The molecular weight excluding hydrogens is 350 g/mol. The number of nitrogens with zero attached hydrogens (tertiary/aromatic N) is 3. The smallest absolute Gasteiger partial charge is 0.196 e. The summed E-state index contributed by atoms with van der Waals surface area (Å²) in [6.07, 6.45) is 0. The van der Waals surface area contributed by atoms with E-state index >= 15 is 0 Å². The van der Waals surface area contributed by atoms with Crippen molar-refractivity contribution in [2.45, 2.75) is 30.9 Å². The van der Waals surface area contributed by atoms with E-state index in [0.717, 1.165) is 28.8 Å². The van der Waals surface area contributed by atoms with Crippen LogP contribution in [0.5, 0.6) is 5.75 Å². The Hall–Kier alpha value is -2.80. The summed E-state index contributed by atoms with van der Waals surface area (Å²) in [6, 6.07) is 17.3. The lowest BCUT2D eigenvalue weighted by molar-refractivity contribution is -0.304. The second kappa shape index (κ2) is 8.05. The molecular formula is C19H18N3O3S-. The summed E-state index contributed by atoms with van der Waals surface area (Å²) in [5.41, 5.74) is 1.94. The second-order valence-corrected chi connectivity index (χ2v) is 7.06. The van der Waals surface area contributed by atoms with Crippen molar-refractivity contribution in [2.24, 2.45) is 0 Å². The molecule has 134 valence electrons. The van der Waals surface area contributed by atoms with Crippen molar-refractivity contribution in [3.8, 4) is 11.4 Å². The molecule has 1 atom stereocenters. The van der Waals surface area contributed by atoms with Gasteiger partial charge in [-0.1, -0.05) is 42.1 Å². The number of carbonyl (C=O) groups is 1. The van der Waals surface area contributed by atoms with Crippen LogP contribution in [0.15, 0.2) is 59.8 Å².